The lowest BCUT2D eigenvalue weighted by atomic mass is 10.1. The van der Waals surface area contributed by atoms with Gasteiger partial charge >= 0.3 is 0 Å². The predicted molar refractivity (Wildman–Crippen MR) is 129 cm³/mol. The first-order valence-corrected chi connectivity index (χ1v) is 11.4. The minimum Gasteiger partial charge on any atom is -0.272 e. The molecule has 2 aromatic heterocycles. The fourth-order valence-electron chi connectivity index (χ4n) is 4.29. The summed E-state index contributed by atoms with van der Waals surface area (Å²) in [4.78, 5) is 33.8. The Morgan fingerprint density at radius 1 is 0.906 bits per heavy atom. The second kappa shape index (κ2) is 7.29. The highest BCUT2D eigenvalue weighted by atomic mass is 35.5. The molecule has 6 rings (SSSR count). The van der Waals surface area contributed by atoms with E-state index in [0.29, 0.717) is 33.3 Å². The normalized spacial score (nSPS) is 15.6. The van der Waals surface area contributed by atoms with E-state index in [-0.39, 0.29) is 11.5 Å². The molecule has 0 radical (unpaired) electrons. The second-order valence-corrected chi connectivity index (χ2v) is 9.21. The molecular weight excluding hydrogens is 442 g/mol. The van der Waals surface area contributed by atoms with Crippen molar-refractivity contribution in [3.05, 3.63) is 99.8 Å². The summed E-state index contributed by atoms with van der Waals surface area (Å²) in [6.07, 6.45) is 0.411. The molecule has 0 saturated carbocycles. The first-order chi connectivity index (χ1) is 15.6. The first-order valence-electron chi connectivity index (χ1n) is 10.2. The number of hydrogen-bond acceptors (Lipinski definition) is 4. The molecule has 7 heteroatoms. The number of amides is 1. The molecule has 0 saturated heterocycles. The van der Waals surface area contributed by atoms with Crippen molar-refractivity contribution in [1.29, 1.82) is 0 Å². The molecular formula is C25H16ClN3O2S. The number of hydrogen-bond donors (Lipinski definition) is 0. The third kappa shape index (κ3) is 2.87. The standard InChI is InChI=1S/C25H16ClN3O2S/c26-16-10-12-17(13-11-16)28-23(30)19(14-15-6-2-1-3-7-15)29-24(31)22-21(27-25(28)29)18-8-4-5-9-20(18)32-22/h1-13,19H,14H2. The molecule has 0 bridgehead atoms. The molecule has 5 nitrogen and oxygen atoms in total. The van der Waals surface area contributed by atoms with E-state index in [0.717, 1.165) is 15.6 Å². The van der Waals surface area contributed by atoms with Gasteiger partial charge in [0, 0.05) is 21.5 Å². The average molecular weight is 458 g/mol. The number of carbonyl (C=O) groups excluding carboxylic acids is 1. The van der Waals surface area contributed by atoms with Crippen molar-refractivity contribution in [2.24, 2.45) is 0 Å². The van der Waals surface area contributed by atoms with Gasteiger partial charge in [0.1, 0.15) is 10.7 Å². The Labute approximate surface area is 192 Å². The summed E-state index contributed by atoms with van der Waals surface area (Å²) in [5, 5.41) is 1.49. The third-order valence-corrected chi connectivity index (χ3v) is 7.18. The third-order valence-electron chi connectivity index (χ3n) is 5.78. The molecule has 1 amide bonds. The lowest BCUT2D eigenvalue weighted by molar-refractivity contribution is -0.119. The zero-order chi connectivity index (χ0) is 21.8. The number of carbonyl (C=O) groups is 1. The first kappa shape index (κ1) is 19.2. The van der Waals surface area contributed by atoms with Gasteiger partial charge in [-0.25, -0.2) is 9.88 Å². The van der Waals surface area contributed by atoms with Gasteiger partial charge in [-0.2, -0.15) is 0 Å². The topological polar surface area (TPSA) is 55.2 Å². The van der Waals surface area contributed by atoms with E-state index in [1.165, 1.54) is 16.2 Å². The summed E-state index contributed by atoms with van der Waals surface area (Å²) < 4.78 is 3.13. The zero-order valence-corrected chi connectivity index (χ0v) is 18.3. The van der Waals surface area contributed by atoms with Crippen LogP contribution in [-0.4, -0.2) is 15.5 Å². The van der Waals surface area contributed by atoms with Crippen LogP contribution in [0.4, 0.5) is 11.6 Å². The fraction of sp³-hybridized carbons (Fsp3) is 0.0800. The number of thiophene rings is 1. The molecule has 32 heavy (non-hydrogen) atoms. The Kier molecular flexibility index (Phi) is 4.38. The van der Waals surface area contributed by atoms with Crippen LogP contribution in [0.25, 0.3) is 20.3 Å². The SMILES string of the molecule is O=C1C(Cc2ccccc2)n2c(nc3c(sc4ccccc43)c2=O)N1c1ccc(Cl)cc1. The van der Waals surface area contributed by atoms with Crippen LogP contribution in [0.5, 0.6) is 0 Å². The summed E-state index contributed by atoms with van der Waals surface area (Å²) in [5.41, 5.74) is 2.07. The van der Waals surface area contributed by atoms with Crippen molar-refractivity contribution in [1.82, 2.24) is 9.55 Å². The van der Waals surface area contributed by atoms with Gasteiger partial charge in [0.15, 0.2) is 0 Å². The lowest BCUT2D eigenvalue weighted by Gasteiger charge is -2.15. The van der Waals surface area contributed by atoms with Crippen molar-refractivity contribution in [3.63, 3.8) is 0 Å². The van der Waals surface area contributed by atoms with Crippen LogP contribution in [0.2, 0.25) is 5.02 Å². The van der Waals surface area contributed by atoms with Crippen molar-refractivity contribution in [3.8, 4) is 0 Å². The summed E-state index contributed by atoms with van der Waals surface area (Å²) in [5.74, 6) is 0.169. The molecule has 0 aliphatic carbocycles. The van der Waals surface area contributed by atoms with E-state index in [2.05, 4.69) is 0 Å². The average Bonchev–Trinajstić information content (AvgIpc) is 3.32. The number of benzene rings is 3. The largest absolute Gasteiger partial charge is 0.273 e. The van der Waals surface area contributed by atoms with Gasteiger partial charge in [-0.1, -0.05) is 60.1 Å². The van der Waals surface area contributed by atoms with Crippen LogP contribution >= 0.6 is 22.9 Å². The van der Waals surface area contributed by atoms with E-state index in [9.17, 15) is 9.59 Å². The molecule has 0 spiro atoms. The van der Waals surface area contributed by atoms with Gasteiger partial charge in [0.2, 0.25) is 5.95 Å². The highest BCUT2D eigenvalue weighted by Crippen LogP contribution is 2.39. The molecule has 0 N–H and O–H groups in total. The zero-order valence-electron chi connectivity index (χ0n) is 16.7. The van der Waals surface area contributed by atoms with Crippen LogP contribution in [0.3, 0.4) is 0 Å². The number of nitrogens with zero attached hydrogens (tertiary/aromatic N) is 3. The van der Waals surface area contributed by atoms with Gasteiger partial charge in [-0.15, -0.1) is 11.3 Å². The van der Waals surface area contributed by atoms with Crippen LogP contribution in [0, 0.1) is 0 Å². The van der Waals surface area contributed by atoms with Gasteiger partial charge in [0.25, 0.3) is 11.5 Å². The quantitative estimate of drug-likeness (QED) is 0.348. The Hall–Kier alpha value is -3.48. The summed E-state index contributed by atoms with van der Waals surface area (Å²) in [7, 11) is 0. The fourth-order valence-corrected chi connectivity index (χ4v) is 5.49. The molecule has 0 fully saturated rings. The van der Waals surface area contributed by atoms with E-state index in [4.69, 9.17) is 16.6 Å². The Bertz CT molecular complexity index is 1560. The van der Waals surface area contributed by atoms with E-state index >= 15 is 0 Å². The number of rotatable bonds is 3. The van der Waals surface area contributed by atoms with Crippen molar-refractivity contribution in [2.45, 2.75) is 12.5 Å². The summed E-state index contributed by atoms with van der Waals surface area (Å²) in [6, 6.07) is 23.9. The Balaban J connectivity index is 1.62. The molecule has 5 aromatic rings. The minimum absolute atomic E-state index is 0.178. The van der Waals surface area contributed by atoms with E-state index in [1.54, 1.807) is 28.8 Å². The minimum atomic E-state index is -0.669. The van der Waals surface area contributed by atoms with Gasteiger partial charge in [-0.05, 0) is 35.9 Å². The molecule has 1 aliphatic heterocycles. The molecule has 1 aliphatic rings. The molecule has 3 aromatic carbocycles. The van der Waals surface area contributed by atoms with Crippen molar-refractivity contribution in [2.75, 3.05) is 4.90 Å². The van der Waals surface area contributed by atoms with E-state index < -0.39 is 6.04 Å². The second-order valence-electron chi connectivity index (χ2n) is 7.72. The molecule has 3 heterocycles. The van der Waals surface area contributed by atoms with Crippen LogP contribution in [0.1, 0.15) is 11.6 Å². The molecule has 1 unspecified atom stereocenters. The number of anilines is 2. The highest BCUT2D eigenvalue weighted by molar-refractivity contribution is 7.25. The van der Waals surface area contributed by atoms with E-state index in [1.807, 2.05) is 54.6 Å². The van der Waals surface area contributed by atoms with Crippen LogP contribution in [-0.2, 0) is 11.2 Å². The predicted octanol–water partition coefficient (Wildman–Crippen LogP) is 5.73. The maximum absolute atomic E-state index is 13.7. The van der Waals surface area contributed by atoms with Crippen molar-refractivity contribution < 1.29 is 4.79 Å². The van der Waals surface area contributed by atoms with Crippen molar-refractivity contribution >= 4 is 60.8 Å². The summed E-state index contributed by atoms with van der Waals surface area (Å²) in [6.45, 7) is 0. The smallest absolute Gasteiger partial charge is 0.272 e. The number of aromatic nitrogens is 2. The highest BCUT2D eigenvalue weighted by Gasteiger charge is 2.41. The van der Waals surface area contributed by atoms with Crippen LogP contribution in [0.15, 0.2) is 83.7 Å². The molecule has 1 atom stereocenters. The van der Waals surface area contributed by atoms with Gasteiger partial charge in [0.05, 0.1) is 11.2 Å². The number of fused-ring (bicyclic) bond motifs is 4. The van der Waals surface area contributed by atoms with Crippen LogP contribution < -0.4 is 10.5 Å². The lowest BCUT2D eigenvalue weighted by Crippen LogP contribution is -2.27. The van der Waals surface area contributed by atoms with Gasteiger partial charge in [-0.3, -0.25) is 14.2 Å². The monoisotopic (exact) mass is 457 g/mol. The maximum atomic E-state index is 13.7. The molecule has 156 valence electrons. The summed E-state index contributed by atoms with van der Waals surface area (Å²) >= 11 is 7.49. The number of halogens is 1. The van der Waals surface area contributed by atoms with Gasteiger partial charge < -0.3 is 0 Å². The Morgan fingerprint density at radius 2 is 1.62 bits per heavy atom. The maximum Gasteiger partial charge on any atom is 0.273 e. The Morgan fingerprint density at radius 3 is 2.41 bits per heavy atom.